The van der Waals surface area contributed by atoms with E-state index in [0.29, 0.717) is 5.75 Å². The summed E-state index contributed by atoms with van der Waals surface area (Å²) in [5.74, 6) is 0.322. The molecule has 0 N–H and O–H groups in total. The van der Waals surface area contributed by atoms with E-state index >= 15 is 0 Å². The maximum atomic E-state index is 12.0. The molecule has 0 radical (unpaired) electrons. The second-order valence-corrected chi connectivity index (χ2v) is 4.31. The third-order valence-corrected chi connectivity index (χ3v) is 2.71. The molecule has 1 atom stereocenters. The molecule has 1 aliphatic heterocycles. The summed E-state index contributed by atoms with van der Waals surface area (Å²) in [6, 6.07) is 5.47. The highest BCUT2D eigenvalue weighted by Crippen LogP contribution is 2.25. The Bertz CT molecular complexity index is 391. The summed E-state index contributed by atoms with van der Waals surface area (Å²) >= 11 is 0. The van der Waals surface area contributed by atoms with Gasteiger partial charge in [0.25, 0.3) is 0 Å². The molecule has 1 aromatic rings. The molecule has 0 aromatic heterocycles. The molecule has 0 saturated carbocycles. The highest BCUT2D eigenvalue weighted by molar-refractivity contribution is 5.31. The van der Waals surface area contributed by atoms with Gasteiger partial charge in [-0.1, -0.05) is 0 Å². The summed E-state index contributed by atoms with van der Waals surface area (Å²) in [5, 5.41) is 0. The van der Waals surface area contributed by atoms with Crippen LogP contribution in [0.15, 0.2) is 24.3 Å². The molecule has 6 heteroatoms. The van der Waals surface area contributed by atoms with Gasteiger partial charge in [-0.25, -0.2) is 0 Å². The van der Waals surface area contributed by atoms with E-state index in [1.807, 2.05) is 7.05 Å². The Kier molecular flexibility index (Phi) is 3.65. The fraction of sp³-hybridized carbons (Fsp3) is 0.500. The molecule has 1 aromatic carbocycles. The first-order chi connectivity index (χ1) is 8.42. The molecule has 1 unspecified atom stereocenters. The van der Waals surface area contributed by atoms with Gasteiger partial charge in [-0.05, 0) is 37.7 Å². The van der Waals surface area contributed by atoms with Crippen molar-refractivity contribution in [2.75, 3.05) is 20.1 Å². The monoisotopic (exact) mass is 261 g/mol. The molecule has 18 heavy (non-hydrogen) atoms. The number of ether oxygens (including phenoxy) is 2. The highest BCUT2D eigenvalue weighted by Gasteiger charge is 2.31. The molecule has 3 nitrogen and oxygen atoms in total. The van der Waals surface area contributed by atoms with Gasteiger partial charge in [0.1, 0.15) is 17.6 Å². The minimum atomic E-state index is -4.66. The van der Waals surface area contributed by atoms with Crippen LogP contribution in [0.4, 0.5) is 13.2 Å². The number of likely N-dealkylation sites (tertiary alicyclic amines) is 1. The van der Waals surface area contributed by atoms with Crippen molar-refractivity contribution >= 4 is 0 Å². The van der Waals surface area contributed by atoms with Crippen LogP contribution in [0, 0.1) is 0 Å². The van der Waals surface area contributed by atoms with Gasteiger partial charge in [0.05, 0.1) is 0 Å². The van der Waals surface area contributed by atoms with Gasteiger partial charge >= 0.3 is 6.36 Å². The SMILES string of the molecule is CN1CCC(Oc2ccc(OC(F)(F)F)cc2)C1. The molecule has 1 aliphatic rings. The summed E-state index contributed by atoms with van der Waals surface area (Å²) in [6.07, 6.45) is -3.63. The number of halogens is 3. The van der Waals surface area contributed by atoms with Crippen molar-refractivity contribution in [1.82, 2.24) is 4.90 Å². The van der Waals surface area contributed by atoms with Crippen molar-refractivity contribution in [2.24, 2.45) is 0 Å². The Morgan fingerprint density at radius 1 is 1.17 bits per heavy atom. The van der Waals surface area contributed by atoms with E-state index in [1.54, 1.807) is 0 Å². The van der Waals surface area contributed by atoms with E-state index in [0.717, 1.165) is 19.5 Å². The molecule has 1 fully saturated rings. The second kappa shape index (κ2) is 5.06. The Morgan fingerprint density at radius 3 is 2.28 bits per heavy atom. The van der Waals surface area contributed by atoms with Crippen molar-refractivity contribution in [3.63, 3.8) is 0 Å². The van der Waals surface area contributed by atoms with Gasteiger partial charge in [-0.3, -0.25) is 0 Å². The Balaban J connectivity index is 1.91. The quantitative estimate of drug-likeness (QED) is 0.835. The number of alkyl halides is 3. The predicted octanol–water partition coefficient (Wildman–Crippen LogP) is 2.67. The van der Waals surface area contributed by atoms with Gasteiger partial charge in [0.15, 0.2) is 0 Å². The number of nitrogens with zero attached hydrogens (tertiary/aromatic N) is 1. The molecule has 100 valence electrons. The van der Waals surface area contributed by atoms with Crippen molar-refractivity contribution in [3.8, 4) is 11.5 Å². The fourth-order valence-corrected chi connectivity index (χ4v) is 1.90. The average molecular weight is 261 g/mol. The molecule has 1 saturated heterocycles. The second-order valence-electron chi connectivity index (χ2n) is 4.31. The zero-order chi connectivity index (χ0) is 13.2. The molecule has 0 amide bonds. The van der Waals surface area contributed by atoms with Crippen LogP contribution in [-0.2, 0) is 0 Å². The number of hydrogen-bond acceptors (Lipinski definition) is 3. The standard InChI is InChI=1S/C12H14F3NO2/c1-16-7-6-11(8-16)17-9-2-4-10(5-3-9)18-12(13,14)15/h2-5,11H,6-8H2,1H3. The van der Waals surface area contributed by atoms with E-state index in [4.69, 9.17) is 4.74 Å². The van der Waals surface area contributed by atoms with Crippen LogP contribution in [0.1, 0.15) is 6.42 Å². The molecule has 2 rings (SSSR count). The first kappa shape index (κ1) is 13.0. The van der Waals surface area contributed by atoms with Crippen LogP contribution in [0.2, 0.25) is 0 Å². The first-order valence-electron chi connectivity index (χ1n) is 5.63. The minimum absolute atomic E-state index is 0.101. The van der Waals surface area contributed by atoms with Crippen LogP contribution in [0.3, 0.4) is 0 Å². The third kappa shape index (κ3) is 3.80. The predicted molar refractivity (Wildman–Crippen MR) is 59.7 cm³/mol. The van der Waals surface area contributed by atoms with Gasteiger partial charge in [-0.15, -0.1) is 13.2 Å². The lowest BCUT2D eigenvalue weighted by Gasteiger charge is -2.14. The van der Waals surface area contributed by atoms with Gasteiger partial charge in [-0.2, -0.15) is 0 Å². The van der Waals surface area contributed by atoms with Crippen molar-refractivity contribution < 1.29 is 22.6 Å². The lowest BCUT2D eigenvalue weighted by molar-refractivity contribution is -0.274. The Hall–Kier alpha value is -1.43. The van der Waals surface area contributed by atoms with Gasteiger partial charge < -0.3 is 14.4 Å². The Labute approximate surface area is 103 Å². The summed E-state index contributed by atoms with van der Waals surface area (Å²) < 4.78 is 45.3. The molecular weight excluding hydrogens is 247 g/mol. The average Bonchev–Trinajstić information content (AvgIpc) is 2.65. The molecular formula is C12H14F3NO2. The summed E-state index contributed by atoms with van der Waals surface area (Å²) in [5.41, 5.74) is 0. The lowest BCUT2D eigenvalue weighted by Crippen LogP contribution is -2.21. The maximum Gasteiger partial charge on any atom is 0.573 e. The van der Waals surface area contributed by atoms with Crippen molar-refractivity contribution in [3.05, 3.63) is 24.3 Å². The van der Waals surface area contributed by atoms with Crippen LogP contribution in [-0.4, -0.2) is 37.5 Å². The zero-order valence-corrected chi connectivity index (χ0v) is 9.91. The molecule has 0 bridgehead atoms. The van der Waals surface area contributed by atoms with E-state index in [9.17, 15) is 13.2 Å². The minimum Gasteiger partial charge on any atom is -0.489 e. The van der Waals surface area contributed by atoms with E-state index in [1.165, 1.54) is 24.3 Å². The Morgan fingerprint density at radius 2 is 1.78 bits per heavy atom. The van der Waals surface area contributed by atoms with E-state index in [2.05, 4.69) is 9.64 Å². The van der Waals surface area contributed by atoms with E-state index in [-0.39, 0.29) is 11.9 Å². The van der Waals surface area contributed by atoms with Crippen LogP contribution in [0.5, 0.6) is 11.5 Å². The normalized spacial score (nSPS) is 21.0. The summed E-state index contributed by atoms with van der Waals surface area (Å²) in [7, 11) is 2.00. The summed E-state index contributed by atoms with van der Waals surface area (Å²) in [4.78, 5) is 2.14. The molecule has 0 aliphatic carbocycles. The number of rotatable bonds is 3. The topological polar surface area (TPSA) is 21.7 Å². The zero-order valence-electron chi connectivity index (χ0n) is 9.91. The number of benzene rings is 1. The third-order valence-electron chi connectivity index (χ3n) is 2.71. The van der Waals surface area contributed by atoms with Gasteiger partial charge in [0, 0.05) is 13.1 Å². The lowest BCUT2D eigenvalue weighted by atomic mass is 10.3. The van der Waals surface area contributed by atoms with Gasteiger partial charge in [0.2, 0.25) is 0 Å². The van der Waals surface area contributed by atoms with Crippen LogP contribution in [0.25, 0.3) is 0 Å². The van der Waals surface area contributed by atoms with Crippen LogP contribution < -0.4 is 9.47 Å². The van der Waals surface area contributed by atoms with Crippen molar-refractivity contribution in [2.45, 2.75) is 18.9 Å². The fourth-order valence-electron chi connectivity index (χ4n) is 1.90. The number of likely N-dealkylation sites (N-methyl/N-ethyl adjacent to an activating group) is 1. The smallest absolute Gasteiger partial charge is 0.489 e. The van der Waals surface area contributed by atoms with Crippen molar-refractivity contribution in [1.29, 1.82) is 0 Å². The van der Waals surface area contributed by atoms with Crippen LogP contribution >= 0.6 is 0 Å². The highest BCUT2D eigenvalue weighted by atomic mass is 19.4. The summed E-state index contributed by atoms with van der Waals surface area (Å²) in [6.45, 7) is 1.81. The number of hydrogen-bond donors (Lipinski definition) is 0. The maximum absolute atomic E-state index is 12.0. The first-order valence-corrected chi connectivity index (χ1v) is 5.63. The molecule has 0 spiro atoms. The van der Waals surface area contributed by atoms with E-state index < -0.39 is 6.36 Å². The largest absolute Gasteiger partial charge is 0.573 e. The molecule has 1 heterocycles.